The number of amides is 2. The molecule has 0 saturated heterocycles. The van der Waals surface area contributed by atoms with Crippen LogP contribution >= 0.6 is 0 Å². The van der Waals surface area contributed by atoms with Crippen molar-refractivity contribution in [3.63, 3.8) is 0 Å². The van der Waals surface area contributed by atoms with Crippen molar-refractivity contribution in [1.82, 2.24) is 9.80 Å². The lowest BCUT2D eigenvalue weighted by Crippen LogP contribution is -2.46. The smallest absolute Gasteiger partial charge is 0.241 e. The van der Waals surface area contributed by atoms with Gasteiger partial charge in [-0.25, -0.2) is 0 Å². The molecule has 36 heavy (non-hydrogen) atoms. The topological polar surface area (TPSA) is 117 Å². The zero-order valence-electron chi connectivity index (χ0n) is 20.9. The molecule has 0 fully saturated rings. The molecule has 3 rings (SSSR count). The van der Waals surface area contributed by atoms with Crippen LogP contribution in [0.4, 0.5) is 0 Å². The third kappa shape index (κ3) is 6.58. The summed E-state index contributed by atoms with van der Waals surface area (Å²) in [6, 6.07) is 28.3. The van der Waals surface area contributed by atoms with Crippen molar-refractivity contribution < 1.29 is 9.59 Å². The molecule has 0 heterocycles. The van der Waals surface area contributed by atoms with Crippen LogP contribution in [0.1, 0.15) is 48.4 Å². The normalized spacial score (nSPS) is 12.8. The number of carbonyl (C=O) groups is 2. The van der Waals surface area contributed by atoms with Gasteiger partial charge in [0, 0.05) is 12.6 Å². The van der Waals surface area contributed by atoms with E-state index in [1.165, 1.54) is 4.90 Å². The van der Waals surface area contributed by atoms with E-state index >= 15 is 0 Å². The predicted octanol–water partition coefficient (Wildman–Crippen LogP) is 3.87. The number of carbonyl (C=O) groups excluding carboxylic acids is 2. The first-order valence-electron chi connectivity index (χ1n) is 12.1. The summed E-state index contributed by atoms with van der Waals surface area (Å²) in [5.74, 6) is -1.61. The number of nitrogens with zero attached hydrogens (tertiary/aromatic N) is 2. The van der Waals surface area contributed by atoms with Crippen molar-refractivity contribution >= 4 is 17.8 Å². The van der Waals surface area contributed by atoms with E-state index in [2.05, 4.69) is 0 Å². The molecule has 0 aliphatic carbocycles. The van der Waals surface area contributed by atoms with Gasteiger partial charge in [-0.3, -0.25) is 24.8 Å². The van der Waals surface area contributed by atoms with E-state index in [0.29, 0.717) is 12.8 Å². The molecule has 188 valence electrons. The van der Waals surface area contributed by atoms with Crippen LogP contribution in [-0.2, 0) is 9.59 Å². The number of benzene rings is 3. The van der Waals surface area contributed by atoms with Gasteiger partial charge in [-0.1, -0.05) is 91.0 Å². The van der Waals surface area contributed by atoms with Crippen LogP contribution in [0.5, 0.6) is 0 Å². The summed E-state index contributed by atoms with van der Waals surface area (Å²) in [4.78, 5) is 29.3. The molecule has 7 heteroatoms. The summed E-state index contributed by atoms with van der Waals surface area (Å²) in [5.41, 5.74) is 14.4. The van der Waals surface area contributed by atoms with Gasteiger partial charge in [-0.05, 0) is 43.5 Å². The van der Waals surface area contributed by atoms with Gasteiger partial charge in [0.2, 0.25) is 11.8 Å². The average molecular weight is 486 g/mol. The number of likely N-dealkylation sites (N-methyl/N-ethyl adjacent to an activating group) is 1. The Morgan fingerprint density at radius 1 is 0.806 bits per heavy atom. The Labute approximate surface area is 213 Å². The monoisotopic (exact) mass is 485 g/mol. The number of nitrogens with one attached hydrogen (secondary N) is 1. The van der Waals surface area contributed by atoms with Crippen molar-refractivity contribution in [3.05, 3.63) is 108 Å². The number of guanidine groups is 1. The first-order chi connectivity index (χ1) is 17.3. The van der Waals surface area contributed by atoms with Crippen molar-refractivity contribution in [2.24, 2.45) is 11.5 Å². The van der Waals surface area contributed by atoms with Gasteiger partial charge < -0.3 is 11.5 Å². The summed E-state index contributed by atoms with van der Waals surface area (Å²) in [7, 11) is 1.88. The maximum atomic E-state index is 13.7. The quantitative estimate of drug-likeness (QED) is 0.282. The highest BCUT2D eigenvalue weighted by Crippen LogP contribution is 2.27. The van der Waals surface area contributed by atoms with Crippen LogP contribution in [0.2, 0.25) is 0 Å². The summed E-state index contributed by atoms with van der Waals surface area (Å²) < 4.78 is 0. The van der Waals surface area contributed by atoms with Gasteiger partial charge in [0.15, 0.2) is 5.96 Å². The van der Waals surface area contributed by atoms with Crippen LogP contribution in [0.25, 0.3) is 0 Å². The lowest BCUT2D eigenvalue weighted by Gasteiger charge is -2.32. The maximum Gasteiger partial charge on any atom is 0.241 e. The Kier molecular flexibility index (Phi) is 9.36. The fourth-order valence-corrected chi connectivity index (χ4v) is 4.50. The number of hydrogen-bond donors (Lipinski definition) is 3. The van der Waals surface area contributed by atoms with Gasteiger partial charge in [0.25, 0.3) is 0 Å². The Bertz CT molecular complexity index is 1100. The van der Waals surface area contributed by atoms with Crippen LogP contribution in [-0.4, -0.2) is 47.2 Å². The van der Waals surface area contributed by atoms with Gasteiger partial charge in [0.05, 0.1) is 12.0 Å². The zero-order chi connectivity index (χ0) is 26.1. The van der Waals surface area contributed by atoms with E-state index in [1.54, 1.807) is 0 Å². The van der Waals surface area contributed by atoms with Crippen molar-refractivity contribution in [2.45, 2.75) is 37.8 Å². The fourth-order valence-electron chi connectivity index (χ4n) is 4.50. The largest absolute Gasteiger partial charge is 0.370 e. The Balaban J connectivity index is 1.75. The van der Waals surface area contributed by atoms with E-state index in [4.69, 9.17) is 16.9 Å². The van der Waals surface area contributed by atoms with E-state index in [1.807, 2.05) is 110 Å². The van der Waals surface area contributed by atoms with Crippen LogP contribution < -0.4 is 11.5 Å². The minimum absolute atomic E-state index is 0.0187. The first-order valence-corrected chi connectivity index (χ1v) is 12.1. The molecule has 0 aliphatic rings. The second-order valence-corrected chi connectivity index (χ2v) is 8.94. The predicted molar refractivity (Wildman–Crippen MR) is 143 cm³/mol. The van der Waals surface area contributed by atoms with E-state index in [0.717, 1.165) is 16.7 Å². The molecule has 7 nitrogen and oxygen atoms in total. The van der Waals surface area contributed by atoms with Crippen molar-refractivity contribution in [3.8, 4) is 0 Å². The standard InChI is InChI=1S/C29H35N5O2/c1-21(22-13-6-3-7-14-22)33(2)25(27(30)35)19-12-20-34(29(31)32)28(36)26(23-15-8-4-9-16-23)24-17-10-5-11-18-24/h3-11,13-18,21,25-26H,12,19-20H2,1-2H3,(H2,30,35)(H3,31,32)/t21-,25-/m1/s1. The molecule has 0 aliphatic heterocycles. The van der Waals surface area contributed by atoms with Crippen molar-refractivity contribution in [2.75, 3.05) is 13.6 Å². The highest BCUT2D eigenvalue weighted by molar-refractivity contribution is 5.99. The highest BCUT2D eigenvalue weighted by atomic mass is 16.2. The molecule has 3 aromatic carbocycles. The summed E-state index contributed by atoms with van der Waals surface area (Å²) in [6.07, 6.45) is 0.891. The molecule has 0 saturated carbocycles. The molecule has 2 amide bonds. The van der Waals surface area contributed by atoms with E-state index in [-0.39, 0.29) is 24.5 Å². The maximum absolute atomic E-state index is 13.7. The van der Waals surface area contributed by atoms with Gasteiger partial charge in [0.1, 0.15) is 0 Å². The van der Waals surface area contributed by atoms with Crippen LogP contribution in [0, 0.1) is 5.41 Å². The molecule has 0 bridgehead atoms. The fraction of sp³-hybridized carbons (Fsp3) is 0.276. The number of rotatable bonds is 11. The first kappa shape index (κ1) is 26.6. The molecule has 0 aromatic heterocycles. The third-order valence-electron chi connectivity index (χ3n) is 6.64. The Hall–Kier alpha value is -3.97. The minimum atomic E-state index is -0.594. The van der Waals surface area contributed by atoms with E-state index in [9.17, 15) is 9.59 Å². The highest BCUT2D eigenvalue weighted by Gasteiger charge is 2.30. The molecule has 0 unspecified atom stereocenters. The zero-order valence-corrected chi connectivity index (χ0v) is 20.9. The molecule has 5 N–H and O–H groups in total. The summed E-state index contributed by atoms with van der Waals surface area (Å²) >= 11 is 0. The SMILES string of the molecule is C[C@H](c1ccccc1)N(C)[C@H](CCCN(C(=N)N)C(=O)C(c1ccccc1)c1ccccc1)C(N)=O. The van der Waals surface area contributed by atoms with Crippen LogP contribution in [0.15, 0.2) is 91.0 Å². The Morgan fingerprint density at radius 3 is 1.67 bits per heavy atom. The van der Waals surface area contributed by atoms with Gasteiger partial charge in [-0.15, -0.1) is 0 Å². The summed E-state index contributed by atoms with van der Waals surface area (Å²) in [6.45, 7) is 2.24. The van der Waals surface area contributed by atoms with E-state index < -0.39 is 17.9 Å². The molecule has 0 spiro atoms. The lowest BCUT2D eigenvalue weighted by molar-refractivity contribution is -0.128. The molecule has 2 atom stereocenters. The third-order valence-corrected chi connectivity index (χ3v) is 6.64. The number of nitrogens with two attached hydrogens (primary N) is 2. The molecule has 0 radical (unpaired) electrons. The number of primary amides is 1. The van der Waals surface area contributed by atoms with Gasteiger partial charge in [-0.2, -0.15) is 0 Å². The second kappa shape index (κ2) is 12.7. The molecular formula is C29H35N5O2. The summed E-state index contributed by atoms with van der Waals surface area (Å²) in [5, 5.41) is 8.12. The average Bonchev–Trinajstić information content (AvgIpc) is 2.89. The molecular weight excluding hydrogens is 450 g/mol. The van der Waals surface area contributed by atoms with Gasteiger partial charge >= 0.3 is 0 Å². The number of hydrogen-bond acceptors (Lipinski definition) is 4. The van der Waals surface area contributed by atoms with Crippen LogP contribution in [0.3, 0.4) is 0 Å². The lowest BCUT2D eigenvalue weighted by atomic mass is 9.90. The minimum Gasteiger partial charge on any atom is -0.370 e. The van der Waals surface area contributed by atoms with Crippen molar-refractivity contribution in [1.29, 1.82) is 5.41 Å². The molecule has 3 aromatic rings. The Morgan fingerprint density at radius 2 is 1.25 bits per heavy atom. The second-order valence-electron chi connectivity index (χ2n) is 8.94.